The Labute approximate surface area is 130 Å². The lowest BCUT2D eigenvalue weighted by atomic mass is 10.2. The first-order valence-corrected chi connectivity index (χ1v) is 7.20. The molecule has 0 bridgehead atoms. The molecule has 4 rings (SSSR count). The second kappa shape index (κ2) is 4.94. The highest BCUT2D eigenvalue weighted by molar-refractivity contribution is 5.95. The number of ether oxygens (including phenoxy) is 1. The lowest BCUT2D eigenvalue weighted by Gasteiger charge is -2.04. The molecule has 0 saturated carbocycles. The highest BCUT2D eigenvalue weighted by atomic mass is 16.5. The maximum absolute atomic E-state index is 12.3. The molecule has 0 atom stereocenters. The number of aromatic nitrogens is 6. The molecule has 3 aromatic heterocycles. The van der Waals surface area contributed by atoms with Gasteiger partial charge in [-0.15, -0.1) is 5.10 Å². The number of fused-ring (bicyclic) bond motifs is 3. The standard InChI is InChI=1S/C15H14N6O2/c1-3-20-8-9(7-16-20)13-18-14-10-5-4-6-11(23-2)12(10)17-15(22)21(14)19-13/h4-8H,3H2,1-2H3,(H,17,22). The van der Waals surface area contributed by atoms with Crippen LogP contribution in [0.3, 0.4) is 0 Å². The van der Waals surface area contributed by atoms with Crippen LogP contribution in [0.4, 0.5) is 0 Å². The van der Waals surface area contributed by atoms with Crippen LogP contribution in [0.5, 0.6) is 5.75 Å². The predicted molar refractivity (Wildman–Crippen MR) is 84.6 cm³/mol. The lowest BCUT2D eigenvalue weighted by molar-refractivity contribution is 0.418. The van der Waals surface area contributed by atoms with Gasteiger partial charge in [-0.3, -0.25) is 4.68 Å². The summed E-state index contributed by atoms with van der Waals surface area (Å²) >= 11 is 0. The summed E-state index contributed by atoms with van der Waals surface area (Å²) in [5.74, 6) is 1.05. The minimum absolute atomic E-state index is 0.362. The Morgan fingerprint density at radius 1 is 1.35 bits per heavy atom. The van der Waals surface area contributed by atoms with Crippen LogP contribution in [0.15, 0.2) is 35.4 Å². The third kappa shape index (κ3) is 1.99. The maximum atomic E-state index is 12.3. The molecule has 3 heterocycles. The van der Waals surface area contributed by atoms with E-state index in [1.54, 1.807) is 24.1 Å². The van der Waals surface area contributed by atoms with Gasteiger partial charge in [-0.2, -0.15) is 9.61 Å². The Morgan fingerprint density at radius 3 is 2.96 bits per heavy atom. The van der Waals surface area contributed by atoms with Gasteiger partial charge in [0.2, 0.25) is 0 Å². The molecule has 0 aliphatic rings. The van der Waals surface area contributed by atoms with Gasteiger partial charge in [0.15, 0.2) is 11.5 Å². The van der Waals surface area contributed by atoms with E-state index in [0.29, 0.717) is 22.7 Å². The van der Waals surface area contributed by atoms with Gasteiger partial charge in [0, 0.05) is 18.1 Å². The van der Waals surface area contributed by atoms with Crippen LogP contribution in [-0.4, -0.2) is 36.5 Å². The van der Waals surface area contributed by atoms with E-state index >= 15 is 0 Å². The van der Waals surface area contributed by atoms with Gasteiger partial charge < -0.3 is 9.72 Å². The summed E-state index contributed by atoms with van der Waals surface area (Å²) in [6.07, 6.45) is 3.54. The number of nitrogens with one attached hydrogen (secondary N) is 1. The lowest BCUT2D eigenvalue weighted by Crippen LogP contribution is -2.17. The summed E-state index contributed by atoms with van der Waals surface area (Å²) in [6, 6.07) is 5.51. The first kappa shape index (κ1) is 13.5. The highest BCUT2D eigenvalue weighted by Crippen LogP contribution is 2.25. The van der Waals surface area contributed by atoms with E-state index in [0.717, 1.165) is 17.5 Å². The molecule has 0 amide bonds. The molecule has 23 heavy (non-hydrogen) atoms. The summed E-state index contributed by atoms with van der Waals surface area (Å²) in [4.78, 5) is 19.6. The molecule has 4 aromatic rings. The average molecular weight is 310 g/mol. The van der Waals surface area contributed by atoms with Crippen molar-refractivity contribution in [2.24, 2.45) is 0 Å². The molecular formula is C15H14N6O2. The zero-order chi connectivity index (χ0) is 16.0. The Morgan fingerprint density at radius 2 is 2.22 bits per heavy atom. The van der Waals surface area contributed by atoms with E-state index in [9.17, 15) is 4.79 Å². The quantitative estimate of drug-likeness (QED) is 0.619. The van der Waals surface area contributed by atoms with Crippen LogP contribution in [0.25, 0.3) is 27.9 Å². The monoisotopic (exact) mass is 310 g/mol. The molecule has 0 unspecified atom stereocenters. The summed E-state index contributed by atoms with van der Waals surface area (Å²) in [5.41, 5.74) is 1.50. The van der Waals surface area contributed by atoms with Gasteiger partial charge in [-0.05, 0) is 19.1 Å². The van der Waals surface area contributed by atoms with Gasteiger partial charge in [0.1, 0.15) is 5.75 Å². The minimum atomic E-state index is -0.362. The Bertz CT molecular complexity index is 1070. The number of aryl methyl sites for hydroxylation is 1. The van der Waals surface area contributed by atoms with Crippen LogP contribution >= 0.6 is 0 Å². The molecule has 0 aliphatic heterocycles. The van der Waals surface area contributed by atoms with E-state index < -0.39 is 0 Å². The molecule has 0 aliphatic carbocycles. The molecule has 0 saturated heterocycles. The number of hydrogen-bond acceptors (Lipinski definition) is 5. The summed E-state index contributed by atoms with van der Waals surface area (Å²) in [7, 11) is 1.56. The first-order chi connectivity index (χ1) is 11.2. The molecule has 0 radical (unpaired) electrons. The van der Waals surface area contributed by atoms with Crippen LogP contribution in [0.2, 0.25) is 0 Å². The molecule has 8 heteroatoms. The zero-order valence-electron chi connectivity index (χ0n) is 12.6. The number of para-hydroxylation sites is 1. The number of methoxy groups -OCH3 is 1. The summed E-state index contributed by atoms with van der Waals surface area (Å²) < 4.78 is 8.35. The molecule has 1 aromatic carbocycles. The van der Waals surface area contributed by atoms with Gasteiger partial charge in [-0.25, -0.2) is 9.78 Å². The number of rotatable bonds is 3. The largest absolute Gasteiger partial charge is 0.495 e. The highest BCUT2D eigenvalue weighted by Gasteiger charge is 2.15. The van der Waals surface area contributed by atoms with E-state index in [-0.39, 0.29) is 5.69 Å². The second-order valence-electron chi connectivity index (χ2n) is 5.07. The number of aromatic amines is 1. The Kier molecular flexibility index (Phi) is 2.90. The topological polar surface area (TPSA) is 90.1 Å². The van der Waals surface area contributed by atoms with E-state index in [2.05, 4.69) is 20.2 Å². The second-order valence-corrected chi connectivity index (χ2v) is 5.07. The van der Waals surface area contributed by atoms with Crippen molar-refractivity contribution in [2.75, 3.05) is 7.11 Å². The average Bonchev–Trinajstić information content (AvgIpc) is 3.21. The normalized spacial score (nSPS) is 11.4. The van der Waals surface area contributed by atoms with E-state index in [1.165, 1.54) is 4.52 Å². The predicted octanol–water partition coefficient (Wildman–Crippen LogP) is 1.46. The molecular weight excluding hydrogens is 296 g/mol. The molecule has 116 valence electrons. The molecule has 0 fully saturated rings. The number of benzene rings is 1. The van der Waals surface area contributed by atoms with Crippen molar-refractivity contribution in [3.05, 3.63) is 41.1 Å². The molecule has 8 nitrogen and oxygen atoms in total. The van der Waals surface area contributed by atoms with Crippen molar-refractivity contribution >= 4 is 16.6 Å². The van der Waals surface area contributed by atoms with Crippen LogP contribution in [-0.2, 0) is 6.54 Å². The fourth-order valence-electron chi connectivity index (χ4n) is 2.58. The summed E-state index contributed by atoms with van der Waals surface area (Å²) in [5, 5.41) is 9.29. The smallest absolute Gasteiger partial charge is 0.348 e. The Balaban J connectivity index is 2.03. The molecule has 0 spiro atoms. The fourth-order valence-corrected chi connectivity index (χ4v) is 2.58. The third-order valence-corrected chi connectivity index (χ3v) is 3.73. The van der Waals surface area contributed by atoms with Crippen LogP contribution < -0.4 is 10.4 Å². The van der Waals surface area contributed by atoms with Gasteiger partial charge >= 0.3 is 5.69 Å². The minimum Gasteiger partial charge on any atom is -0.495 e. The van der Waals surface area contributed by atoms with Gasteiger partial charge in [0.05, 0.1) is 24.4 Å². The SMILES string of the molecule is CCn1cc(-c2nc3c4cccc(OC)c4[nH]c(=O)n3n2)cn1. The van der Waals surface area contributed by atoms with Crippen molar-refractivity contribution in [1.29, 1.82) is 0 Å². The maximum Gasteiger partial charge on any atom is 0.348 e. The van der Waals surface area contributed by atoms with Crippen LogP contribution in [0, 0.1) is 0 Å². The number of nitrogens with zero attached hydrogens (tertiary/aromatic N) is 5. The first-order valence-electron chi connectivity index (χ1n) is 7.20. The third-order valence-electron chi connectivity index (χ3n) is 3.73. The van der Waals surface area contributed by atoms with Crippen molar-refractivity contribution in [3.63, 3.8) is 0 Å². The van der Waals surface area contributed by atoms with Gasteiger partial charge in [-0.1, -0.05) is 6.07 Å². The van der Waals surface area contributed by atoms with Crippen LogP contribution in [0.1, 0.15) is 6.92 Å². The summed E-state index contributed by atoms with van der Waals surface area (Å²) in [6.45, 7) is 2.76. The van der Waals surface area contributed by atoms with E-state index in [4.69, 9.17) is 4.74 Å². The van der Waals surface area contributed by atoms with Crippen molar-refractivity contribution in [3.8, 4) is 17.1 Å². The fraction of sp³-hybridized carbons (Fsp3) is 0.200. The zero-order valence-corrected chi connectivity index (χ0v) is 12.6. The van der Waals surface area contributed by atoms with E-state index in [1.807, 2.05) is 25.3 Å². The number of H-pyrrole nitrogens is 1. The molecule has 1 N–H and O–H groups in total. The van der Waals surface area contributed by atoms with Crippen molar-refractivity contribution in [2.45, 2.75) is 13.5 Å². The van der Waals surface area contributed by atoms with Crippen molar-refractivity contribution in [1.82, 2.24) is 29.4 Å². The van der Waals surface area contributed by atoms with Crippen molar-refractivity contribution < 1.29 is 4.74 Å². The Hall–Kier alpha value is -3.16. The number of hydrogen-bond donors (Lipinski definition) is 1. The van der Waals surface area contributed by atoms with Gasteiger partial charge in [0.25, 0.3) is 0 Å².